The SMILES string of the molecule is O=C(Cc1csc(-c2ccccc2)n1)N1CCN(S(=O)(=O)c2ccc(F)cc2)CC1. The van der Waals surface area contributed by atoms with Crippen LogP contribution in [0.2, 0.25) is 0 Å². The number of piperazine rings is 1. The minimum Gasteiger partial charge on any atom is -0.340 e. The number of amides is 1. The summed E-state index contributed by atoms with van der Waals surface area (Å²) in [7, 11) is -3.70. The van der Waals surface area contributed by atoms with Gasteiger partial charge in [0.15, 0.2) is 0 Å². The molecule has 0 saturated carbocycles. The monoisotopic (exact) mass is 445 g/mol. The van der Waals surface area contributed by atoms with Crippen molar-refractivity contribution < 1.29 is 17.6 Å². The normalized spacial score (nSPS) is 15.3. The molecule has 0 radical (unpaired) electrons. The molecule has 0 aliphatic carbocycles. The Hall–Kier alpha value is -2.62. The predicted molar refractivity (Wildman–Crippen MR) is 113 cm³/mol. The van der Waals surface area contributed by atoms with Crippen molar-refractivity contribution in [1.29, 1.82) is 0 Å². The third-order valence-electron chi connectivity index (χ3n) is 4.95. The van der Waals surface area contributed by atoms with Crippen LogP contribution in [0.5, 0.6) is 0 Å². The Morgan fingerprint density at radius 1 is 1.00 bits per heavy atom. The number of sulfonamides is 1. The topological polar surface area (TPSA) is 70.6 Å². The van der Waals surface area contributed by atoms with E-state index in [2.05, 4.69) is 4.98 Å². The summed E-state index contributed by atoms with van der Waals surface area (Å²) in [5, 5.41) is 2.75. The Bertz CT molecular complexity index is 1120. The van der Waals surface area contributed by atoms with E-state index in [1.54, 1.807) is 4.90 Å². The van der Waals surface area contributed by atoms with Gasteiger partial charge in [0.05, 0.1) is 17.0 Å². The average Bonchev–Trinajstić information content (AvgIpc) is 3.23. The van der Waals surface area contributed by atoms with E-state index in [4.69, 9.17) is 0 Å². The molecule has 1 aliphatic heterocycles. The van der Waals surface area contributed by atoms with Crippen molar-refractivity contribution in [2.75, 3.05) is 26.2 Å². The number of aromatic nitrogens is 1. The summed E-state index contributed by atoms with van der Waals surface area (Å²) in [5.41, 5.74) is 1.73. The van der Waals surface area contributed by atoms with Crippen molar-refractivity contribution in [2.24, 2.45) is 0 Å². The molecule has 1 aromatic heterocycles. The second kappa shape index (κ2) is 8.63. The lowest BCUT2D eigenvalue weighted by Crippen LogP contribution is -2.50. The molecular weight excluding hydrogens is 425 g/mol. The Labute approximate surface area is 178 Å². The smallest absolute Gasteiger partial charge is 0.243 e. The molecule has 2 aromatic carbocycles. The summed E-state index contributed by atoms with van der Waals surface area (Å²) in [4.78, 5) is 18.9. The van der Waals surface area contributed by atoms with Crippen molar-refractivity contribution in [2.45, 2.75) is 11.3 Å². The van der Waals surface area contributed by atoms with E-state index >= 15 is 0 Å². The lowest BCUT2D eigenvalue weighted by molar-refractivity contribution is -0.131. The van der Waals surface area contributed by atoms with Gasteiger partial charge in [0, 0.05) is 37.1 Å². The Morgan fingerprint density at radius 3 is 2.33 bits per heavy atom. The van der Waals surface area contributed by atoms with Crippen LogP contribution >= 0.6 is 11.3 Å². The first-order valence-corrected chi connectivity index (χ1v) is 11.8. The van der Waals surface area contributed by atoms with Crippen LogP contribution in [0.4, 0.5) is 4.39 Å². The third kappa shape index (κ3) is 4.43. The van der Waals surface area contributed by atoms with Gasteiger partial charge in [-0.2, -0.15) is 4.31 Å². The fourth-order valence-electron chi connectivity index (χ4n) is 3.30. The molecule has 0 atom stereocenters. The van der Waals surface area contributed by atoms with Gasteiger partial charge in [-0.1, -0.05) is 30.3 Å². The zero-order valence-electron chi connectivity index (χ0n) is 16.1. The first kappa shape index (κ1) is 20.6. The molecule has 0 spiro atoms. The Morgan fingerprint density at radius 2 is 1.67 bits per heavy atom. The van der Waals surface area contributed by atoms with E-state index in [0.29, 0.717) is 18.8 Å². The highest BCUT2D eigenvalue weighted by Crippen LogP contribution is 2.24. The molecule has 0 N–H and O–H groups in total. The number of nitrogens with zero attached hydrogens (tertiary/aromatic N) is 3. The molecule has 2 heterocycles. The molecule has 0 bridgehead atoms. The van der Waals surface area contributed by atoms with Gasteiger partial charge in [0.2, 0.25) is 15.9 Å². The zero-order chi connectivity index (χ0) is 21.1. The molecule has 6 nitrogen and oxygen atoms in total. The summed E-state index contributed by atoms with van der Waals surface area (Å²) in [6, 6.07) is 14.6. The largest absolute Gasteiger partial charge is 0.340 e. The maximum absolute atomic E-state index is 13.1. The van der Waals surface area contributed by atoms with Gasteiger partial charge in [-0.25, -0.2) is 17.8 Å². The van der Waals surface area contributed by atoms with Crippen LogP contribution in [0.3, 0.4) is 0 Å². The van der Waals surface area contributed by atoms with Crippen LogP contribution in [0.15, 0.2) is 64.9 Å². The van der Waals surface area contributed by atoms with Gasteiger partial charge in [0.25, 0.3) is 0 Å². The Kier molecular flexibility index (Phi) is 5.94. The van der Waals surface area contributed by atoms with Gasteiger partial charge in [-0.15, -0.1) is 11.3 Å². The number of carbonyl (C=O) groups excluding carboxylic acids is 1. The fourth-order valence-corrected chi connectivity index (χ4v) is 5.55. The summed E-state index contributed by atoms with van der Waals surface area (Å²) in [5.74, 6) is -0.555. The highest BCUT2D eigenvalue weighted by atomic mass is 32.2. The van der Waals surface area contributed by atoms with Crippen LogP contribution in [-0.2, 0) is 21.2 Å². The van der Waals surface area contributed by atoms with Gasteiger partial charge in [-0.3, -0.25) is 4.79 Å². The van der Waals surface area contributed by atoms with Crippen molar-refractivity contribution >= 4 is 27.3 Å². The molecule has 1 fully saturated rings. The quantitative estimate of drug-likeness (QED) is 0.605. The number of carbonyl (C=O) groups is 1. The second-order valence-electron chi connectivity index (χ2n) is 6.93. The maximum Gasteiger partial charge on any atom is 0.243 e. The molecule has 30 heavy (non-hydrogen) atoms. The van der Waals surface area contributed by atoms with E-state index in [9.17, 15) is 17.6 Å². The molecule has 1 saturated heterocycles. The van der Waals surface area contributed by atoms with Gasteiger partial charge < -0.3 is 4.90 Å². The van der Waals surface area contributed by atoms with Gasteiger partial charge in [-0.05, 0) is 24.3 Å². The molecule has 4 rings (SSSR count). The van der Waals surface area contributed by atoms with E-state index in [1.165, 1.54) is 27.8 Å². The lowest BCUT2D eigenvalue weighted by atomic mass is 10.2. The zero-order valence-corrected chi connectivity index (χ0v) is 17.7. The van der Waals surface area contributed by atoms with E-state index in [-0.39, 0.29) is 30.3 Å². The summed E-state index contributed by atoms with van der Waals surface area (Å²) in [6.07, 6.45) is 0.189. The minimum atomic E-state index is -3.70. The van der Waals surface area contributed by atoms with Gasteiger partial charge >= 0.3 is 0 Å². The van der Waals surface area contributed by atoms with Crippen LogP contribution in [-0.4, -0.2) is 54.7 Å². The number of hydrogen-bond donors (Lipinski definition) is 0. The number of thiazole rings is 1. The van der Waals surface area contributed by atoms with Crippen LogP contribution in [0, 0.1) is 5.82 Å². The Balaban J connectivity index is 1.36. The summed E-state index contributed by atoms with van der Waals surface area (Å²) >= 11 is 1.50. The third-order valence-corrected chi connectivity index (χ3v) is 7.80. The average molecular weight is 446 g/mol. The molecule has 156 valence electrons. The number of hydrogen-bond acceptors (Lipinski definition) is 5. The highest BCUT2D eigenvalue weighted by Gasteiger charge is 2.30. The molecule has 0 unspecified atom stereocenters. The first-order valence-electron chi connectivity index (χ1n) is 9.47. The maximum atomic E-state index is 13.1. The number of rotatable bonds is 5. The molecule has 1 aliphatic rings. The molecule has 3 aromatic rings. The van der Waals surface area contributed by atoms with Crippen molar-refractivity contribution in [3.63, 3.8) is 0 Å². The van der Waals surface area contributed by atoms with Crippen LogP contribution < -0.4 is 0 Å². The fraction of sp³-hybridized carbons (Fsp3) is 0.238. The van der Waals surface area contributed by atoms with Crippen molar-refractivity contribution in [3.05, 3.63) is 71.5 Å². The lowest BCUT2D eigenvalue weighted by Gasteiger charge is -2.34. The van der Waals surface area contributed by atoms with E-state index in [1.807, 2.05) is 35.7 Å². The second-order valence-corrected chi connectivity index (χ2v) is 9.72. The van der Waals surface area contributed by atoms with E-state index < -0.39 is 15.8 Å². The summed E-state index contributed by atoms with van der Waals surface area (Å²) < 4.78 is 39.8. The summed E-state index contributed by atoms with van der Waals surface area (Å²) in [6.45, 7) is 1.04. The van der Waals surface area contributed by atoms with Gasteiger partial charge in [0.1, 0.15) is 10.8 Å². The molecule has 9 heteroatoms. The van der Waals surface area contributed by atoms with Crippen LogP contribution in [0.1, 0.15) is 5.69 Å². The number of benzene rings is 2. The number of halogens is 1. The molecular formula is C21H20FN3O3S2. The first-order chi connectivity index (χ1) is 14.4. The predicted octanol–water partition coefficient (Wildman–Crippen LogP) is 3.02. The van der Waals surface area contributed by atoms with Crippen LogP contribution in [0.25, 0.3) is 10.6 Å². The van der Waals surface area contributed by atoms with E-state index in [0.717, 1.165) is 22.7 Å². The van der Waals surface area contributed by atoms with Crippen molar-refractivity contribution in [3.8, 4) is 10.6 Å². The highest BCUT2D eigenvalue weighted by molar-refractivity contribution is 7.89. The van der Waals surface area contributed by atoms with Crippen molar-refractivity contribution in [1.82, 2.24) is 14.2 Å². The molecule has 1 amide bonds. The standard InChI is InChI=1S/C21H20FN3O3S2/c22-17-6-8-19(9-7-17)30(27,28)25-12-10-24(11-13-25)20(26)14-18-15-29-21(23-18)16-4-2-1-3-5-16/h1-9,15H,10-14H2. The minimum absolute atomic E-state index is 0.0552.